The molecule has 1 saturated carbocycles. The van der Waals surface area contributed by atoms with E-state index >= 15 is 0 Å². The maximum absolute atomic E-state index is 13.5. The minimum absolute atomic E-state index is 0.102. The van der Waals surface area contributed by atoms with E-state index in [0.29, 0.717) is 25.1 Å². The van der Waals surface area contributed by atoms with E-state index in [2.05, 4.69) is 5.32 Å². The molecule has 1 heterocycles. The molecule has 2 aliphatic rings. The van der Waals surface area contributed by atoms with Gasteiger partial charge in [0.05, 0.1) is 5.92 Å². The van der Waals surface area contributed by atoms with Gasteiger partial charge in [-0.3, -0.25) is 9.59 Å². The Balaban J connectivity index is 1.57. The Morgan fingerprint density at radius 3 is 2.78 bits per heavy atom. The number of benzene rings is 1. The molecule has 1 saturated heterocycles. The molecule has 1 aliphatic heterocycles. The van der Waals surface area contributed by atoms with Gasteiger partial charge in [0.1, 0.15) is 12.0 Å². The van der Waals surface area contributed by atoms with Gasteiger partial charge in [-0.05, 0) is 43.9 Å². The van der Waals surface area contributed by atoms with Gasteiger partial charge < -0.3 is 10.2 Å². The molecule has 23 heavy (non-hydrogen) atoms. The Bertz CT molecular complexity index is 635. The van der Waals surface area contributed by atoms with Crippen molar-refractivity contribution < 1.29 is 18.4 Å². The van der Waals surface area contributed by atoms with Gasteiger partial charge in [-0.15, -0.1) is 0 Å². The first-order chi connectivity index (χ1) is 11.0. The Morgan fingerprint density at radius 1 is 1.39 bits per heavy atom. The van der Waals surface area contributed by atoms with E-state index in [0.717, 1.165) is 12.8 Å². The monoisotopic (exact) mass is 322 g/mol. The van der Waals surface area contributed by atoms with Gasteiger partial charge >= 0.3 is 0 Å². The van der Waals surface area contributed by atoms with Gasteiger partial charge in [-0.2, -0.15) is 0 Å². The van der Waals surface area contributed by atoms with Crippen molar-refractivity contribution >= 4 is 11.8 Å². The van der Waals surface area contributed by atoms with Gasteiger partial charge in [0, 0.05) is 24.7 Å². The topological polar surface area (TPSA) is 49.4 Å². The van der Waals surface area contributed by atoms with Crippen LogP contribution in [0.3, 0.4) is 0 Å². The Labute approximate surface area is 133 Å². The highest BCUT2D eigenvalue weighted by Gasteiger charge is 2.47. The summed E-state index contributed by atoms with van der Waals surface area (Å²) in [5.41, 5.74) is 0.745. The molecular formula is C17H20F2N2O2. The molecule has 2 amide bonds. The van der Waals surface area contributed by atoms with Crippen molar-refractivity contribution in [1.29, 1.82) is 0 Å². The van der Waals surface area contributed by atoms with Crippen LogP contribution in [-0.4, -0.2) is 42.0 Å². The second-order valence-corrected chi connectivity index (χ2v) is 6.36. The molecule has 124 valence electrons. The summed E-state index contributed by atoms with van der Waals surface area (Å²) in [6, 6.07) is 4.24. The molecule has 0 spiro atoms. The molecular weight excluding hydrogens is 302 g/mol. The van der Waals surface area contributed by atoms with Crippen molar-refractivity contribution in [1.82, 2.24) is 10.2 Å². The lowest BCUT2D eigenvalue weighted by atomic mass is 10.1. The van der Waals surface area contributed by atoms with E-state index in [-0.39, 0.29) is 23.4 Å². The third kappa shape index (κ3) is 3.35. The smallest absolute Gasteiger partial charge is 0.251 e. The number of aryl methyl sites for hydroxylation is 1. The van der Waals surface area contributed by atoms with E-state index in [1.807, 2.05) is 0 Å². The number of alkyl halides is 1. The third-order valence-electron chi connectivity index (χ3n) is 4.62. The van der Waals surface area contributed by atoms with Crippen LogP contribution < -0.4 is 5.32 Å². The molecule has 0 aromatic heterocycles. The number of carbonyl (C=O) groups is 2. The molecule has 3 atom stereocenters. The zero-order valence-electron chi connectivity index (χ0n) is 13.0. The van der Waals surface area contributed by atoms with Gasteiger partial charge in [0.2, 0.25) is 5.91 Å². The van der Waals surface area contributed by atoms with Crippen molar-refractivity contribution in [2.24, 2.45) is 5.92 Å². The number of likely N-dealkylation sites (tertiary alicyclic amines) is 1. The van der Waals surface area contributed by atoms with E-state index in [4.69, 9.17) is 0 Å². The van der Waals surface area contributed by atoms with Crippen molar-refractivity contribution in [3.63, 3.8) is 0 Å². The number of halogens is 2. The van der Waals surface area contributed by atoms with Crippen molar-refractivity contribution in [3.05, 3.63) is 35.1 Å². The lowest BCUT2D eigenvalue weighted by molar-refractivity contribution is -0.133. The Hall–Kier alpha value is -1.98. The molecule has 1 N–H and O–H groups in total. The van der Waals surface area contributed by atoms with Crippen LogP contribution >= 0.6 is 0 Å². The van der Waals surface area contributed by atoms with E-state index in [9.17, 15) is 18.4 Å². The normalized spacial score (nSPS) is 26.2. The first-order valence-corrected chi connectivity index (χ1v) is 7.96. The maximum atomic E-state index is 13.5. The fourth-order valence-corrected chi connectivity index (χ4v) is 3.02. The lowest BCUT2D eigenvalue weighted by Crippen LogP contribution is -2.44. The highest BCUT2D eigenvalue weighted by molar-refractivity contribution is 5.94. The van der Waals surface area contributed by atoms with Crippen LogP contribution in [0.25, 0.3) is 0 Å². The van der Waals surface area contributed by atoms with Gasteiger partial charge in [0.25, 0.3) is 5.91 Å². The van der Waals surface area contributed by atoms with Gasteiger partial charge in [0.15, 0.2) is 0 Å². The fraction of sp³-hybridized carbons (Fsp3) is 0.529. The first-order valence-electron chi connectivity index (χ1n) is 7.96. The standard InChI is InChI=1S/C17H20F2N2O2/c1-10-4-5-11(7-14(10)18)16(22)20-9-12-3-2-6-21(12)17(23)13-8-15(13)19/h4-5,7,12-13,15H,2-3,6,8-9H2,1H3,(H,20,22)/t12-,13+,15-/m0/s1. The summed E-state index contributed by atoms with van der Waals surface area (Å²) < 4.78 is 26.6. The molecule has 2 fully saturated rings. The minimum atomic E-state index is -1.01. The van der Waals surface area contributed by atoms with Crippen LogP contribution in [0.15, 0.2) is 18.2 Å². The lowest BCUT2D eigenvalue weighted by Gasteiger charge is -2.25. The molecule has 1 aliphatic carbocycles. The number of amides is 2. The average molecular weight is 322 g/mol. The van der Waals surface area contributed by atoms with Crippen LogP contribution in [0, 0.1) is 18.7 Å². The number of carbonyl (C=O) groups excluding carboxylic acids is 2. The Kier molecular flexibility index (Phi) is 4.33. The van der Waals surface area contributed by atoms with Gasteiger partial charge in [-0.1, -0.05) is 6.07 Å². The zero-order chi connectivity index (χ0) is 16.6. The third-order valence-corrected chi connectivity index (χ3v) is 4.62. The molecule has 3 rings (SSSR count). The second-order valence-electron chi connectivity index (χ2n) is 6.36. The molecule has 1 aromatic carbocycles. The molecule has 0 radical (unpaired) electrons. The van der Waals surface area contributed by atoms with Crippen LogP contribution in [0.4, 0.5) is 8.78 Å². The Morgan fingerprint density at radius 2 is 2.13 bits per heavy atom. The number of nitrogens with one attached hydrogen (secondary N) is 1. The largest absolute Gasteiger partial charge is 0.350 e. The van der Waals surface area contributed by atoms with E-state index in [1.165, 1.54) is 6.07 Å². The number of nitrogens with zero attached hydrogens (tertiary/aromatic N) is 1. The summed E-state index contributed by atoms with van der Waals surface area (Å²) in [6.45, 7) is 2.56. The van der Waals surface area contributed by atoms with Crippen molar-refractivity contribution in [2.45, 2.75) is 38.4 Å². The SMILES string of the molecule is Cc1ccc(C(=O)NC[C@@H]2CCCN2C(=O)[C@@H]2C[C@@H]2F)cc1F. The zero-order valence-corrected chi connectivity index (χ0v) is 13.0. The first kappa shape index (κ1) is 15.9. The molecule has 1 aromatic rings. The van der Waals surface area contributed by atoms with Crippen LogP contribution in [-0.2, 0) is 4.79 Å². The summed E-state index contributed by atoms with van der Waals surface area (Å²) in [6.07, 6.45) is 0.957. The van der Waals surface area contributed by atoms with E-state index < -0.39 is 17.9 Å². The molecule has 0 bridgehead atoms. The van der Waals surface area contributed by atoms with Crippen molar-refractivity contribution in [2.75, 3.05) is 13.1 Å². The number of hydrogen-bond donors (Lipinski definition) is 1. The molecule has 4 nitrogen and oxygen atoms in total. The summed E-state index contributed by atoms with van der Waals surface area (Å²) in [4.78, 5) is 25.9. The maximum Gasteiger partial charge on any atom is 0.251 e. The summed E-state index contributed by atoms with van der Waals surface area (Å²) in [7, 11) is 0. The quantitative estimate of drug-likeness (QED) is 0.924. The molecule has 0 unspecified atom stereocenters. The van der Waals surface area contributed by atoms with Crippen LogP contribution in [0.5, 0.6) is 0 Å². The highest BCUT2D eigenvalue weighted by atomic mass is 19.1. The molecule has 6 heteroatoms. The van der Waals surface area contributed by atoms with E-state index in [1.54, 1.807) is 24.0 Å². The summed E-state index contributed by atoms with van der Waals surface area (Å²) in [5.74, 6) is -1.41. The number of hydrogen-bond acceptors (Lipinski definition) is 2. The van der Waals surface area contributed by atoms with Gasteiger partial charge in [-0.25, -0.2) is 8.78 Å². The van der Waals surface area contributed by atoms with Crippen LogP contribution in [0.2, 0.25) is 0 Å². The summed E-state index contributed by atoms with van der Waals surface area (Å²) >= 11 is 0. The van der Waals surface area contributed by atoms with Crippen LogP contribution in [0.1, 0.15) is 35.2 Å². The second kappa shape index (κ2) is 6.26. The summed E-state index contributed by atoms with van der Waals surface area (Å²) in [5, 5.41) is 2.75. The number of rotatable bonds is 4. The highest BCUT2D eigenvalue weighted by Crippen LogP contribution is 2.37. The van der Waals surface area contributed by atoms with Crippen molar-refractivity contribution in [3.8, 4) is 0 Å². The predicted octanol–water partition coefficient (Wildman–Crippen LogP) is 2.21. The minimum Gasteiger partial charge on any atom is -0.350 e. The predicted molar refractivity (Wildman–Crippen MR) is 81.2 cm³/mol. The average Bonchev–Trinajstić information content (AvgIpc) is 3.08. The fourth-order valence-electron chi connectivity index (χ4n) is 3.02.